The summed E-state index contributed by atoms with van der Waals surface area (Å²) in [6, 6.07) is 15.5. The van der Waals surface area contributed by atoms with Gasteiger partial charge in [0.2, 0.25) is 0 Å². The van der Waals surface area contributed by atoms with Crippen molar-refractivity contribution in [3.63, 3.8) is 0 Å². The van der Waals surface area contributed by atoms with Gasteiger partial charge in [0.25, 0.3) is 5.91 Å². The Balaban J connectivity index is 1.33. The summed E-state index contributed by atoms with van der Waals surface area (Å²) in [5.74, 6) is 0.915. The van der Waals surface area contributed by atoms with Gasteiger partial charge in [-0.3, -0.25) is 19.8 Å². The van der Waals surface area contributed by atoms with Crippen LogP contribution in [0.2, 0.25) is 0 Å². The predicted molar refractivity (Wildman–Crippen MR) is 110 cm³/mol. The molecular weight excluding hydrogens is 366 g/mol. The van der Waals surface area contributed by atoms with Crippen LogP contribution >= 0.6 is 0 Å². The Bertz CT molecular complexity index is 957. The number of aromatic nitrogens is 3. The SMILES string of the molecule is COc1ccccc1CNC(=O)c1cc([C@@H]2CCN(Cc3ccccn3)C2)[nH]n1. The molecule has 4 rings (SSSR count). The highest BCUT2D eigenvalue weighted by molar-refractivity contribution is 5.92. The second kappa shape index (κ2) is 8.87. The fourth-order valence-corrected chi connectivity index (χ4v) is 3.73. The fraction of sp³-hybridized carbons (Fsp3) is 0.318. The highest BCUT2D eigenvalue weighted by Crippen LogP contribution is 2.27. The molecule has 7 heteroatoms. The average molecular weight is 391 g/mol. The summed E-state index contributed by atoms with van der Waals surface area (Å²) >= 11 is 0. The molecule has 0 aliphatic carbocycles. The highest BCUT2D eigenvalue weighted by atomic mass is 16.5. The molecule has 1 amide bonds. The molecule has 0 radical (unpaired) electrons. The van der Waals surface area contributed by atoms with Crippen molar-refractivity contribution in [2.24, 2.45) is 0 Å². The molecule has 1 aromatic carbocycles. The topological polar surface area (TPSA) is 83.1 Å². The molecule has 7 nitrogen and oxygen atoms in total. The second-order valence-corrected chi connectivity index (χ2v) is 7.24. The lowest BCUT2D eigenvalue weighted by Crippen LogP contribution is -2.23. The van der Waals surface area contributed by atoms with E-state index in [1.807, 2.05) is 54.7 Å². The van der Waals surface area contributed by atoms with Gasteiger partial charge in [-0.05, 0) is 37.2 Å². The van der Waals surface area contributed by atoms with Gasteiger partial charge < -0.3 is 10.1 Å². The van der Waals surface area contributed by atoms with Gasteiger partial charge in [-0.25, -0.2) is 0 Å². The number of ether oxygens (including phenoxy) is 1. The first kappa shape index (κ1) is 19.1. The molecule has 150 valence electrons. The molecule has 1 saturated heterocycles. The summed E-state index contributed by atoms with van der Waals surface area (Å²) in [7, 11) is 1.62. The first-order valence-electron chi connectivity index (χ1n) is 9.80. The molecule has 1 atom stereocenters. The molecule has 0 saturated carbocycles. The van der Waals surface area contributed by atoms with Crippen molar-refractivity contribution >= 4 is 5.91 Å². The zero-order valence-electron chi connectivity index (χ0n) is 16.5. The maximum atomic E-state index is 12.5. The largest absolute Gasteiger partial charge is 0.496 e. The standard InChI is InChI=1S/C22H25N5O2/c1-29-21-8-3-2-6-16(21)13-24-22(28)20-12-19(25-26-20)17-9-11-27(14-17)15-18-7-4-5-10-23-18/h2-8,10,12,17H,9,11,13-15H2,1H3,(H,24,28)(H,25,26)/t17-/m1/s1. The summed E-state index contributed by atoms with van der Waals surface area (Å²) in [6.45, 7) is 3.18. The molecule has 29 heavy (non-hydrogen) atoms. The van der Waals surface area contributed by atoms with Gasteiger partial charge in [0.1, 0.15) is 11.4 Å². The molecule has 3 aromatic rings. The minimum Gasteiger partial charge on any atom is -0.496 e. The van der Waals surface area contributed by atoms with E-state index in [9.17, 15) is 4.79 Å². The highest BCUT2D eigenvalue weighted by Gasteiger charge is 2.26. The van der Waals surface area contributed by atoms with Crippen molar-refractivity contribution in [1.82, 2.24) is 25.4 Å². The van der Waals surface area contributed by atoms with Crippen LogP contribution in [-0.4, -0.2) is 46.2 Å². The molecule has 0 unspecified atom stereocenters. The number of likely N-dealkylation sites (tertiary alicyclic amines) is 1. The van der Waals surface area contributed by atoms with Crippen LogP contribution in [0.4, 0.5) is 0 Å². The van der Waals surface area contributed by atoms with Gasteiger partial charge in [-0.15, -0.1) is 0 Å². The van der Waals surface area contributed by atoms with E-state index in [-0.39, 0.29) is 5.91 Å². The number of nitrogens with one attached hydrogen (secondary N) is 2. The number of carbonyl (C=O) groups excluding carboxylic acids is 1. The van der Waals surface area contributed by atoms with Crippen LogP contribution in [0.15, 0.2) is 54.7 Å². The number of amides is 1. The minimum atomic E-state index is -0.193. The van der Waals surface area contributed by atoms with E-state index in [1.54, 1.807) is 7.11 Å². The summed E-state index contributed by atoms with van der Waals surface area (Å²) in [5, 5.41) is 10.2. The van der Waals surface area contributed by atoms with Crippen LogP contribution in [0, 0.1) is 0 Å². The van der Waals surface area contributed by atoms with Gasteiger partial charge in [0.15, 0.2) is 0 Å². The van der Waals surface area contributed by atoms with E-state index in [0.717, 1.165) is 48.8 Å². The molecule has 1 aliphatic rings. The van der Waals surface area contributed by atoms with Gasteiger partial charge in [-0.1, -0.05) is 24.3 Å². The maximum Gasteiger partial charge on any atom is 0.272 e. The monoisotopic (exact) mass is 391 g/mol. The number of nitrogens with zero attached hydrogens (tertiary/aromatic N) is 3. The zero-order valence-corrected chi connectivity index (χ0v) is 16.5. The van der Waals surface area contributed by atoms with Crippen molar-refractivity contribution in [2.45, 2.75) is 25.4 Å². The lowest BCUT2D eigenvalue weighted by atomic mass is 10.0. The number of carbonyl (C=O) groups is 1. The van der Waals surface area contributed by atoms with E-state index in [0.29, 0.717) is 18.2 Å². The summed E-state index contributed by atoms with van der Waals surface area (Å²) < 4.78 is 5.33. The Morgan fingerprint density at radius 1 is 1.28 bits per heavy atom. The Morgan fingerprint density at radius 3 is 2.97 bits per heavy atom. The number of para-hydroxylation sites is 1. The molecule has 0 bridgehead atoms. The zero-order chi connectivity index (χ0) is 20.1. The van der Waals surface area contributed by atoms with Crippen molar-refractivity contribution in [3.8, 4) is 5.75 Å². The Labute approximate surface area is 170 Å². The lowest BCUT2D eigenvalue weighted by Gasteiger charge is -2.14. The van der Waals surface area contributed by atoms with Crippen molar-refractivity contribution in [2.75, 3.05) is 20.2 Å². The van der Waals surface area contributed by atoms with Crippen molar-refractivity contribution in [3.05, 3.63) is 77.4 Å². The Hall–Kier alpha value is -3.19. The number of rotatable bonds is 7. The normalized spacial score (nSPS) is 16.7. The van der Waals surface area contributed by atoms with E-state index in [2.05, 4.69) is 25.4 Å². The van der Waals surface area contributed by atoms with Gasteiger partial charge in [-0.2, -0.15) is 5.10 Å². The van der Waals surface area contributed by atoms with Gasteiger partial charge in [0, 0.05) is 43.0 Å². The fourth-order valence-electron chi connectivity index (χ4n) is 3.73. The van der Waals surface area contributed by atoms with Gasteiger partial charge in [0.05, 0.1) is 12.8 Å². The van der Waals surface area contributed by atoms with Gasteiger partial charge >= 0.3 is 0 Å². The molecule has 2 N–H and O–H groups in total. The third-order valence-electron chi connectivity index (χ3n) is 5.29. The number of hydrogen-bond donors (Lipinski definition) is 2. The Kier molecular flexibility index (Phi) is 5.86. The van der Waals surface area contributed by atoms with Crippen LogP contribution in [-0.2, 0) is 13.1 Å². The summed E-state index contributed by atoms with van der Waals surface area (Å²) in [6.07, 6.45) is 2.87. The Morgan fingerprint density at radius 2 is 2.14 bits per heavy atom. The van der Waals surface area contributed by atoms with E-state index >= 15 is 0 Å². The summed E-state index contributed by atoms with van der Waals surface area (Å²) in [5.41, 5.74) is 3.43. The van der Waals surface area contributed by atoms with Crippen molar-refractivity contribution < 1.29 is 9.53 Å². The van der Waals surface area contributed by atoms with E-state index < -0.39 is 0 Å². The predicted octanol–water partition coefficient (Wildman–Crippen LogP) is 2.73. The third kappa shape index (κ3) is 4.63. The van der Waals surface area contributed by atoms with Crippen LogP contribution in [0.1, 0.15) is 39.8 Å². The van der Waals surface area contributed by atoms with E-state index in [1.165, 1.54) is 0 Å². The lowest BCUT2D eigenvalue weighted by molar-refractivity contribution is 0.0945. The number of methoxy groups -OCH3 is 1. The summed E-state index contributed by atoms with van der Waals surface area (Å²) in [4.78, 5) is 19.3. The molecule has 1 fully saturated rings. The molecule has 2 aromatic heterocycles. The number of benzene rings is 1. The molecular formula is C22H25N5O2. The molecule has 0 spiro atoms. The first-order chi connectivity index (χ1) is 14.2. The van der Waals surface area contributed by atoms with E-state index in [4.69, 9.17) is 4.74 Å². The molecule has 3 heterocycles. The number of H-pyrrole nitrogens is 1. The third-order valence-corrected chi connectivity index (χ3v) is 5.29. The van der Waals surface area contributed by atoms with Crippen LogP contribution < -0.4 is 10.1 Å². The smallest absolute Gasteiger partial charge is 0.272 e. The minimum absolute atomic E-state index is 0.193. The maximum absolute atomic E-state index is 12.5. The quantitative estimate of drug-likeness (QED) is 0.647. The van der Waals surface area contributed by atoms with Crippen molar-refractivity contribution in [1.29, 1.82) is 0 Å². The van der Waals surface area contributed by atoms with Crippen LogP contribution in [0.5, 0.6) is 5.75 Å². The van der Waals surface area contributed by atoms with Crippen LogP contribution in [0.3, 0.4) is 0 Å². The molecule has 1 aliphatic heterocycles. The van der Waals surface area contributed by atoms with Crippen LogP contribution in [0.25, 0.3) is 0 Å². The first-order valence-corrected chi connectivity index (χ1v) is 9.80. The second-order valence-electron chi connectivity index (χ2n) is 7.24. The number of pyridine rings is 1. The average Bonchev–Trinajstić information content (AvgIpc) is 3.43. The number of aromatic amines is 1. The number of hydrogen-bond acceptors (Lipinski definition) is 5.